The molecule has 8 heteroatoms. The molecule has 6 nitrogen and oxygen atoms in total. The molecule has 1 aromatic carbocycles. The highest BCUT2D eigenvalue weighted by Crippen LogP contribution is 2.40. The number of thioether (sulfide) groups is 1. The van der Waals surface area contributed by atoms with Crippen LogP contribution in [0.25, 0.3) is 6.08 Å². The lowest BCUT2D eigenvalue weighted by atomic mass is 9.90. The van der Waals surface area contributed by atoms with E-state index in [4.69, 9.17) is 12.2 Å². The topological polar surface area (TPSA) is 69.3 Å². The van der Waals surface area contributed by atoms with Crippen molar-refractivity contribution in [3.8, 4) is 6.07 Å². The summed E-state index contributed by atoms with van der Waals surface area (Å²) in [7, 11) is 1.73. The average molecular weight is 533 g/mol. The van der Waals surface area contributed by atoms with E-state index in [1.165, 1.54) is 17.3 Å². The van der Waals surface area contributed by atoms with Crippen LogP contribution in [0.3, 0.4) is 0 Å². The van der Waals surface area contributed by atoms with E-state index in [2.05, 4.69) is 35.2 Å². The highest BCUT2D eigenvalue weighted by Gasteiger charge is 2.38. The number of piperidine rings is 1. The Balaban J connectivity index is 1.47. The SMILES string of the molecule is Cc1c(/C=C2\SC(=S)N(C3CCCC3)C2=O)c(N2CCC(Cc3ccccc3)CC2)n(C)c(=O)c1C#N. The minimum absolute atomic E-state index is 0.0545. The molecular formula is C29H32N4O2S2. The summed E-state index contributed by atoms with van der Waals surface area (Å²) >= 11 is 6.94. The zero-order valence-electron chi connectivity index (χ0n) is 21.4. The summed E-state index contributed by atoms with van der Waals surface area (Å²) in [5.74, 6) is 1.31. The Labute approximate surface area is 227 Å². The fraction of sp³-hybridized carbons (Fsp3) is 0.448. The number of anilines is 1. The molecule has 3 heterocycles. The molecule has 2 saturated heterocycles. The van der Waals surface area contributed by atoms with Gasteiger partial charge in [-0.25, -0.2) is 0 Å². The smallest absolute Gasteiger partial charge is 0.270 e. The number of nitrogens with zero attached hydrogens (tertiary/aromatic N) is 4. The second-order valence-electron chi connectivity index (χ2n) is 10.3. The summed E-state index contributed by atoms with van der Waals surface area (Å²) in [5, 5.41) is 9.77. The number of hydrogen-bond donors (Lipinski definition) is 0. The first-order chi connectivity index (χ1) is 17.9. The number of carbonyl (C=O) groups excluding carboxylic acids is 1. The molecule has 37 heavy (non-hydrogen) atoms. The van der Waals surface area contributed by atoms with Gasteiger partial charge in [0, 0.05) is 31.7 Å². The lowest BCUT2D eigenvalue weighted by Gasteiger charge is -2.36. The Morgan fingerprint density at radius 3 is 2.43 bits per heavy atom. The monoisotopic (exact) mass is 532 g/mol. The van der Waals surface area contributed by atoms with Crippen LogP contribution in [0.4, 0.5) is 5.82 Å². The number of hydrogen-bond acceptors (Lipinski definition) is 6. The lowest BCUT2D eigenvalue weighted by molar-refractivity contribution is -0.123. The number of rotatable bonds is 5. The van der Waals surface area contributed by atoms with Gasteiger partial charge in [0.25, 0.3) is 11.5 Å². The minimum atomic E-state index is -0.294. The number of benzene rings is 1. The van der Waals surface area contributed by atoms with E-state index < -0.39 is 0 Å². The van der Waals surface area contributed by atoms with Crippen LogP contribution in [0.15, 0.2) is 40.0 Å². The second kappa shape index (κ2) is 10.8. The molecule has 2 aliphatic heterocycles. The van der Waals surface area contributed by atoms with Crippen LogP contribution in [0.2, 0.25) is 0 Å². The molecule has 1 aliphatic carbocycles. The highest BCUT2D eigenvalue weighted by molar-refractivity contribution is 8.26. The van der Waals surface area contributed by atoms with E-state index in [1.54, 1.807) is 16.5 Å². The van der Waals surface area contributed by atoms with E-state index in [-0.39, 0.29) is 23.1 Å². The number of nitriles is 1. The van der Waals surface area contributed by atoms with Crippen LogP contribution >= 0.6 is 24.0 Å². The summed E-state index contributed by atoms with van der Waals surface area (Å²) < 4.78 is 2.20. The van der Waals surface area contributed by atoms with Crippen molar-refractivity contribution in [2.24, 2.45) is 13.0 Å². The quantitative estimate of drug-likeness (QED) is 0.391. The molecule has 1 aromatic heterocycles. The van der Waals surface area contributed by atoms with Crippen LogP contribution < -0.4 is 10.5 Å². The third-order valence-electron chi connectivity index (χ3n) is 8.04. The summed E-state index contributed by atoms with van der Waals surface area (Å²) in [5.41, 5.74) is 2.58. The number of carbonyl (C=O) groups is 1. The Morgan fingerprint density at radius 2 is 1.78 bits per heavy atom. The molecule has 0 radical (unpaired) electrons. The fourth-order valence-corrected chi connectivity index (χ4v) is 7.36. The normalized spacial score (nSPS) is 20.3. The van der Waals surface area contributed by atoms with Gasteiger partial charge in [-0.2, -0.15) is 5.26 Å². The van der Waals surface area contributed by atoms with Gasteiger partial charge < -0.3 is 4.90 Å². The van der Waals surface area contributed by atoms with Crippen LogP contribution in [-0.2, 0) is 18.3 Å². The first kappa shape index (κ1) is 25.7. The van der Waals surface area contributed by atoms with Crippen molar-refractivity contribution >= 4 is 46.1 Å². The van der Waals surface area contributed by atoms with Crippen molar-refractivity contribution < 1.29 is 4.79 Å². The molecule has 192 valence electrons. The predicted molar refractivity (Wildman–Crippen MR) is 153 cm³/mol. The summed E-state index contributed by atoms with van der Waals surface area (Å²) in [4.78, 5) is 31.2. The summed E-state index contributed by atoms with van der Waals surface area (Å²) in [6, 6.07) is 12.9. The van der Waals surface area contributed by atoms with Gasteiger partial charge in [0.05, 0.1) is 4.91 Å². The Bertz CT molecular complexity index is 1340. The number of amides is 1. The van der Waals surface area contributed by atoms with E-state index in [9.17, 15) is 14.9 Å². The Hall–Kier alpha value is -2.89. The highest BCUT2D eigenvalue weighted by atomic mass is 32.2. The maximum absolute atomic E-state index is 13.4. The molecule has 3 aliphatic rings. The number of pyridine rings is 1. The molecule has 1 amide bonds. The fourth-order valence-electron chi connectivity index (χ4n) is 5.98. The van der Waals surface area contributed by atoms with E-state index >= 15 is 0 Å². The zero-order valence-corrected chi connectivity index (χ0v) is 23.0. The second-order valence-corrected chi connectivity index (χ2v) is 12.0. The molecular weight excluding hydrogens is 500 g/mol. The molecule has 3 fully saturated rings. The lowest BCUT2D eigenvalue weighted by Crippen LogP contribution is -2.39. The molecule has 0 atom stereocenters. The van der Waals surface area contributed by atoms with Crippen molar-refractivity contribution in [2.75, 3.05) is 18.0 Å². The van der Waals surface area contributed by atoms with Gasteiger partial charge >= 0.3 is 0 Å². The van der Waals surface area contributed by atoms with Gasteiger partial charge in [0.2, 0.25) is 0 Å². The van der Waals surface area contributed by atoms with Gasteiger partial charge in [0.1, 0.15) is 21.8 Å². The van der Waals surface area contributed by atoms with Crippen LogP contribution in [0.1, 0.15) is 60.8 Å². The average Bonchev–Trinajstić information content (AvgIpc) is 3.52. The molecule has 1 saturated carbocycles. The van der Waals surface area contributed by atoms with Crippen molar-refractivity contribution in [3.63, 3.8) is 0 Å². The largest absolute Gasteiger partial charge is 0.357 e. The minimum Gasteiger partial charge on any atom is -0.357 e. The van der Waals surface area contributed by atoms with Gasteiger partial charge in [-0.3, -0.25) is 19.1 Å². The van der Waals surface area contributed by atoms with Crippen LogP contribution in [-0.4, -0.2) is 38.8 Å². The van der Waals surface area contributed by atoms with Gasteiger partial charge in [-0.05, 0) is 62.1 Å². The van der Waals surface area contributed by atoms with E-state index in [0.717, 1.165) is 69.4 Å². The summed E-state index contributed by atoms with van der Waals surface area (Å²) in [6.07, 6.45) is 9.18. The van der Waals surface area contributed by atoms with Crippen molar-refractivity contribution in [1.82, 2.24) is 9.47 Å². The Morgan fingerprint density at radius 1 is 1.11 bits per heavy atom. The maximum Gasteiger partial charge on any atom is 0.270 e. The zero-order chi connectivity index (χ0) is 26.1. The van der Waals surface area contributed by atoms with Gasteiger partial charge in [0.15, 0.2) is 0 Å². The van der Waals surface area contributed by atoms with Crippen LogP contribution in [0.5, 0.6) is 0 Å². The standard InChI is InChI=1S/C29H32N4O2S2/c1-19-23(17-25-28(35)33(29(36)37-25)22-10-6-7-11-22)26(31(2)27(34)24(19)18-30)32-14-12-21(13-15-32)16-20-8-4-3-5-9-20/h3-5,8-9,17,21-22H,6-7,10-16H2,1-2H3/b25-17-. The van der Waals surface area contributed by atoms with Gasteiger partial charge in [-0.1, -0.05) is 67.2 Å². The van der Waals surface area contributed by atoms with Crippen molar-refractivity contribution in [2.45, 2.75) is 57.9 Å². The third kappa shape index (κ3) is 4.99. The van der Waals surface area contributed by atoms with E-state index in [0.29, 0.717) is 20.7 Å². The molecule has 2 aromatic rings. The van der Waals surface area contributed by atoms with Crippen molar-refractivity contribution in [3.05, 3.63) is 67.8 Å². The first-order valence-electron chi connectivity index (χ1n) is 13.1. The van der Waals surface area contributed by atoms with Crippen LogP contribution in [0, 0.1) is 24.2 Å². The maximum atomic E-state index is 13.4. The number of aromatic nitrogens is 1. The van der Waals surface area contributed by atoms with Crippen molar-refractivity contribution in [1.29, 1.82) is 5.26 Å². The first-order valence-corrected chi connectivity index (χ1v) is 14.3. The third-order valence-corrected chi connectivity index (χ3v) is 9.37. The molecule has 0 bridgehead atoms. The molecule has 5 rings (SSSR count). The number of thiocarbonyl (C=S) groups is 1. The van der Waals surface area contributed by atoms with E-state index in [1.807, 2.05) is 19.1 Å². The summed E-state index contributed by atoms with van der Waals surface area (Å²) in [6.45, 7) is 3.45. The molecule has 0 unspecified atom stereocenters. The Kier molecular flexibility index (Phi) is 7.55. The predicted octanol–water partition coefficient (Wildman–Crippen LogP) is 5.17. The molecule has 0 N–H and O–H groups in total. The van der Waals surface area contributed by atoms with Gasteiger partial charge in [-0.15, -0.1) is 0 Å². The molecule has 0 spiro atoms.